The van der Waals surface area contributed by atoms with Gasteiger partial charge in [-0.05, 0) is 31.4 Å². The van der Waals surface area contributed by atoms with E-state index in [4.69, 9.17) is 16.7 Å². The maximum Gasteiger partial charge on any atom is 0.0450 e. The van der Waals surface area contributed by atoms with Crippen molar-refractivity contribution in [2.45, 2.75) is 38.8 Å². The van der Waals surface area contributed by atoms with Crippen LogP contribution in [-0.4, -0.2) is 17.3 Å². The lowest BCUT2D eigenvalue weighted by atomic mass is 9.94. The van der Waals surface area contributed by atoms with Gasteiger partial charge in [0.25, 0.3) is 0 Å². The highest BCUT2D eigenvalue weighted by molar-refractivity contribution is 6.31. The Balaban J connectivity index is 2.59. The second-order valence-corrected chi connectivity index (χ2v) is 4.74. The van der Waals surface area contributed by atoms with Gasteiger partial charge in [-0.3, -0.25) is 0 Å². The fourth-order valence-electron chi connectivity index (χ4n) is 1.59. The fraction of sp³-hybridized carbons (Fsp3) is 0.538. The third-order valence-corrected chi connectivity index (χ3v) is 3.48. The summed E-state index contributed by atoms with van der Waals surface area (Å²) in [5, 5.41) is 13.3. The summed E-state index contributed by atoms with van der Waals surface area (Å²) in [5.74, 6) is 0. The van der Waals surface area contributed by atoms with E-state index in [1.165, 1.54) is 0 Å². The zero-order chi connectivity index (χ0) is 12.0. The molecule has 16 heavy (non-hydrogen) atoms. The van der Waals surface area contributed by atoms with Crippen LogP contribution in [0.25, 0.3) is 0 Å². The first-order valence-corrected chi connectivity index (χ1v) is 6.08. The van der Waals surface area contributed by atoms with Crippen molar-refractivity contribution in [1.82, 2.24) is 5.32 Å². The number of hydrogen-bond acceptors (Lipinski definition) is 2. The van der Waals surface area contributed by atoms with Crippen molar-refractivity contribution in [2.75, 3.05) is 6.61 Å². The molecule has 1 atom stereocenters. The van der Waals surface area contributed by atoms with E-state index in [2.05, 4.69) is 19.2 Å². The molecule has 0 radical (unpaired) electrons. The van der Waals surface area contributed by atoms with Crippen LogP contribution < -0.4 is 5.32 Å². The van der Waals surface area contributed by atoms with Crippen molar-refractivity contribution in [2.24, 2.45) is 0 Å². The Morgan fingerprint density at radius 1 is 1.38 bits per heavy atom. The van der Waals surface area contributed by atoms with Crippen LogP contribution in [0.2, 0.25) is 5.02 Å². The predicted molar refractivity (Wildman–Crippen MR) is 68.7 cm³/mol. The summed E-state index contributed by atoms with van der Waals surface area (Å²) in [5.41, 5.74) is 1.08. The van der Waals surface area contributed by atoms with E-state index in [1.54, 1.807) is 0 Å². The minimum atomic E-state index is -0.0199. The number of aliphatic hydroxyl groups excluding tert-OH is 1. The Morgan fingerprint density at radius 3 is 2.62 bits per heavy atom. The summed E-state index contributed by atoms with van der Waals surface area (Å²) in [6.45, 7) is 5.19. The van der Waals surface area contributed by atoms with Crippen LogP contribution in [0.4, 0.5) is 0 Å². The van der Waals surface area contributed by atoms with Crippen LogP contribution >= 0.6 is 11.6 Å². The number of halogens is 1. The van der Waals surface area contributed by atoms with Gasteiger partial charge in [0.2, 0.25) is 0 Å². The highest BCUT2D eigenvalue weighted by Gasteiger charge is 2.20. The Hall–Kier alpha value is -0.570. The van der Waals surface area contributed by atoms with E-state index in [9.17, 15) is 0 Å². The van der Waals surface area contributed by atoms with E-state index in [1.807, 2.05) is 24.3 Å². The van der Waals surface area contributed by atoms with Crippen molar-refractivity contribution >= 4 is 11.6 Å². The second-order valence-electron chi connectivity index (χ2n) is 4.33. The van der Waals surface area contributed by atoms with Crippen molar-refractivity contribution in [3.8, 4) is 0 Å². The average Bonchev–Trinajstić information content (AvgIpc) is 2.28. The molecule has 0 aliphatic rings. The smallest absolute Gasteiger partial charge is 0.0450 e. The molecule has 0 fully saturated rings. The first-order chi connectivity index (χ1) is 7.61. The van der Waals surface area contributed by atoms with Crippen LogP contribution in [0, 0.1) is 0 Å². The van der Waals surface area contributed by atoms with Gasteiger partial charge in [-0.1, -0.05) is 36.7 Å². The predicted octanol–water partition coefficient (Wildman–Crippen LogP) is 2.98. The quantitative estimate of drug-likeness (QED) is 0.803. The zero-order valence-corrected chi connectivity index (χ0v) is 10.7. The highest BCUT2D eigenvalue weighted by Crippen LogP contribution is 2.18. The topological polar surface area (TPSA) is 32.3 Å². The lowest BCUT2D eigenvalue weighted by Gasteiger charge is -2.29. The van der Waals surface area contributed by atoms with Gasteiger partial charge < -0.3 is 10.4 Å². The van der Waals surface area contributed by atoms with E-state index in [0.717, 1.165) is 30.0 Å². The van der Waals surface area contributed by atoms with Crippen LogP contribution in [-0.2, 0) is 6.54 Å². The molecule has 0 heterocycles. The Labute approximate surface area is 103 Å². The first-order valence-electron chi connectivity index (χ1n) is 5.70. The van der Waals surface area contributed by atoms with Gasteiger partial charge in [0.1, 0.15) is 0 Å². The number of nitrogens with one attached hydrogen (secondary N) is 1. The van der Waals surface area contributed by atoms with Gasteiger partial charge in [-0.15, -0.1) is 0 Å². The van der Waals surface area contributed by atoms with Gasteiger partial charge in [0.15, 0.2) is 0 Å². The van der Waals surface area contributed by atoms with Crippen molar-refractivity contribution in [3.05, 3.63) is 34.9 Å². The van der Waals surface area contributed by atoms with Crippen molar-refractivity contribution in [3.63, 3.8) is 0 Å². The lowest BCUT2D eigenvalue weighted by Crippen LogP contribution is -2.42. The molecule has 1 aromatic carbocycles. The van der Waals surface area contributed by atoms with Gasteiger partial charge >= 0.3 is 0 Å². The van der Waals surface area contributed by atoms with Crippen LogP contribution in [0.3, 0.4) is 0 Å². The molecule has 3 heteroatoms. The summed E-state index contributed by atoms with van der Waals surface area (Å²) < 4.78 is 0. The molecule has 90 valence electrons. The molecule has 0 aliphatic carbocycles. The van der Waals surface area contributed by atoms with Gasteiger partial charge in [-0.2, -0.15) is 0 Å². The molecule has 1 unspecified atom stereocenters. The monoisotopic (exact) mass is 241 g/mol. The van der Waals surface area contributed by atoms with Gasteiger partial charge in [0.05, 0.1) is 0 Å². The van der Waals surface area contributed by atoms with Crippen LogP contribution in [0.5, 0.6) is 0 Å². The Morgan fingerprint density at radius 2 is 2.06 bits per heavy atom. The fourth-order valence-corrected chi connectivity index (χ4v) is 1.79. The number of rotatable bonds is 6. The second kappa shape index (κ2) is 6.24. The molecular formula is C13H20ClNO. The Kier molecular flexibility index (Phi) is 5.26. The Bertz CT molecular complexity index is 329. The molecule has 1 aromatic rings. The molecule has 0 amide bonds. The summed E-state index contributed by atoms with van der Waals surface area (Å²) >= 11 is 6.08. The summed E-state index contributed by atoms with van der Waals surface area (Å²) in [4.78, 5) is 0. The van der Waals surface area contributed by atoms with Crippen molar-refractivity contribution in [1.29, 1.82) is 0 Å². The highest BCUT2D eigenvalue weighted by atomic mass is 35.5. The number of hydrogen-bond donors (Lipinski definition) is 2. The molecule has 2 nitrogen and oxygen atoms in total. The number of aliphatic hydroxyl groups is 1. The van der Waals surface area contributed by atoms with Crippen LogP contribution in [0.1, 0.15) is 32.3 Å². The first kappa shape index (κ1) is 13.5. The maximum absolute atomic E-state index is 9.02. The van der Waals surface area contributed by atoms with E-state index < -0.39 is 0 Å². The molecule has 0 saturated heterocycles. The molecule has 0 aliphatic heterocycles. The minimum Gasteiger partial charge on any atom is -0.396 e. The normalized spacial score (nSPS) is 14.8. The molecule has 0 spiro atoms. The average molecular weight is 242 g/mol. The van der Waals surface area contributed by atoms with E-state index >= 15 is 0 Å². The van der Waals surface area contributed by atoms with Crippen LogP contribution in [0.15, 0.2) is 24.3 Å². The zero-order valence-electron chi connectivity index (χ0n) is 9.96. The SMILES string of the molecule is CCC(C)(CCO)NCc1ccccc1Cl. The summed E-state index contributed by atoms with van der Waals surface area (Å²) in [6, 6.07) is 7.83. The van der Waals surface area contributed by atoms with E-state index in [-0.39, 0.29) is 12.1 Å². The molecule has 0 aromatic heterocycles. The van der Waals surface area contributed by atoms with E-state index in [0.29, 0.717) is 0 Å². The van der Waals surface area contributed by atoms with Gasteiger partial charge in [-0.25, -0.2) is 0 Å². The molecule has 0 saturated carbocycles. The third-order valence-electron chi connectivity index (χ3n) is 3.11. The maximum atomic E-state index is 9.02. The van der Waals surface area contributed by atoms with Gasteiger partial charge in [0, 0.05) is 23.7 Å². The van der Waals surface area contributed by atoms with Crippen molar-refractivity contribution < 1.29 is 5.11 Å². The third kappa shape index (κ3) is 3.78. The lowest BCUT2D eigenvalue weighted by molar-refractivity contribution is 0.214. The molecular weight excluding hydrogens is 222 g/mol. The molecule has 0 bridgehead atoms. The summed E-state index contributed by atoms with van der Waals surface area (Å²) in [7, 11) is 0. The number of benzene rings is 1. The summed E-state index contributed by atoms with van der Waals surface area (Å²) in [6.07, 6.45) is 1.74. The molecule has 2 N–H and O–H groups in total. The standard InChI is InChI=1S/C13H20ClNO/c1-3-13(2,8-9-16)15-10-11-6-4-5-7-12(11)14/h4-7,15-16H,3,8-10H2,1-2H3. The molecule has 1 rings (SSSR count). The minimum absolute atomic E-state index is 0.0199. The largest absolute Gasteiger partial charge is 0.396 e.